The Labute approximate surface area is 124 Å². The van der Waals surface area contributed by atoms with Gasteiger partial charge in [0.15, 0.2) is 0 Å². The van der Waals surface area contributed by atoms with Gasteiger partial charge in [-0.25, -0.2) is 8.42 Å². The van der Waals surface area contributed by atoms with Gasteiger partial charge in [-0.05, 0) is 30.1 Å². The van der Waals surface area contributed by atoms with Crippen molar-refractivity contribution in [3.63, 3.8) is 0 Å². The molecule has 0 saturated heterocycles. The molecular weight excluding hydrogens is 292 g/mol. The van der Waals surface area contributed by atoms with Crippen LogP contribution in [0, 0.1) is 0 Å². The maximum absolute atomic E-state index is 12.7. The predicted octanol–water partition coefficient (Wildman–Crippen LogP) is 2.68. The average Bonchev–Trinajstić information content (AvgIpc) is 2.94. The summed E-state index contributed by atoms with van der Waals surface area (Å²) in [5.74, 6) is 0. The second-order valence-electron chi connectivity index (χ2n) is 4.30. The van der Waals surface area contributed by atoms with Crippen LogP contribution in [0.25, 0.3) is 0 Å². The number of hydrogen-bond acceptors (Lipinski definition) is 4. The molecule has 1 aromatic heterocycles. The van der Waals surface area contributed by atoms with E-state index in [0.717, 1.165) is 11.4 Å². The molecule has 0 aliphatic heterocycles. The van der Waals surface area contributed by atoms with Gasteiger partial charge in [0.05, 0.1) is 5.69 Å². The lowest BCUT2D eigenvalue weighted by molar-refractivity contribution is 0.592. The zero-order chi connectivity index (χ0) is 14.6. The lowest BCUT2D eigenvalue weighted by atomic mass is 10.3. The maximum atomic E-state index is 12.7. The fourth-order valence-corrected chi connectivity index (χ4v) is 4.43. The zero-order valence-electron chi connectivity index (χ0n) is 11.5. The van der Waals surface area contributed by atoms with Crippen molar-refractivity contribution >= 4 is 27.0 Å². The first-order valence-corrected chi connectivity index (χ1v) is 8.70. The minimum Gasteiger partial charge on any atom is -0.312 e. The van der Waals surface area contributed by atoms with Crippen LogP contribution in [0.4, 0.5) is 5.69 Å². The Hall–Kier alpha value is -1.37. The number of rotatable bonds is 6. The second-order valence-corrected chi connectivity index (χ2v) is 7.23. The summed E-state index contributed by atoms with van der Waals surface area (Å²) in [6.07, 6.45) is 0. The van der Waals surface area contributed by atoms with Gasteiger partial charge in [0, 0.05) is 18.5 Å². The number of nitrogens with one attached hydrogen (secondary N) is 1. The summed E-state index contributed by atoms with van der Waals surface area (Å²) in [7, 11) is -1.92. The summed E-state index contributed by atoms with van der Waals surface area (Å²) in [4.78, 5) is 1.23. The Morgan fingerprint density at radius 2 is 1.90 bits per heavy atom. The monoisotopic (exact) mass is 310 g/mol. The van der Waals surface area contributed by atoms with Gasteiger partial charge in [0.25, 0.3) is 10.0 Å². The summed E-state index contributed by atoms with van der Waals surface area (Å²) in [5.41, 5.74) is 0.660. The number of sulfonamides is 1. The summed E-state index contributed by atoms with van der Waals surface area (Å²) < 4.78 is 26.7. The fraction of sp³-hybridized carbons (Fsp3) is 0.286. The molecule has 0 unspecified atom stereocenters. The number of anilines is 1. The van der Waals surface area contributed by atoms with Gasteiger partial charge in [-0.1, -0.05) is 25.1 Å². The quantitative estimate of drug-likeness (QED) is 0.892. The molecule has 0 amide bonds. The highest BCUT2D eigenvalue weighted by atomic mass is 32.2. The van der Waals surface area contributed by atoms with Gasteiger partial charge in [-0.15, -0.1) is 11.3 Å². The van der Waals surface area contributed by atoms with E-state index in [1.54, 1.807) is 25.2 Å². The highest BCUT2D eigenvalue weighted by Crippen LogP contribution is 2.27. The summed E-state index contributed by atoms with van der Waals surface area (Å²) >= 11 is 1.46. The van der Waals surface area contributed by atoms with Crippen molar-refractivity contribution in [2.45, 2.75) is 18.4 Å². The van der Waals surface area contributed by atoms with Crippen LogP contribution in [0.1, 0.15) is 11.8 Å². The largest absolute Gasteiger partial charge is 0.312 e. The number of nitrogens with zero attached hydrogens (tertiary/aromatic N) is 1. The van der Waals surface area contributed by atoms with Crippen molar-refractivity contribution in [2.24, 2.45) is 0 Å². The van der Waals surface area contributed by atoms with Gasteiger partial charge >= 0.3 is 0 Å². The van der Waals surface area contributed by atoms with Gasteiger partial charge in [0.2, 0.25) is 0 Å². The van der Waals surface area contributed by atoms with Crippen LogP contribution in [-0.4, -0.2) is 22.0 Å². The Kier molecular flexibility index (Phi) is 4.80. The topological polar surface area (TPSA) is 49.4 Å². The highest BCUT2D eigenvalue weighted by Gasteiger charge is 2.24. The Morgan fingerprint density at radius 1 is 1.20 bits per heavy atom. The fourth-order valence-electron chi connectivity index (χ4n) is 1.85. The molecule has 0 radical (unpaired) electrons. The van der Waals surface area contributed by atoms with E-state index in [2.05, 4.69) is 5.32 Å². The van der Waals surface area contributed by atoms with E-state index in [9.17, 15) is 8.42 Å². The van der Waals surface area contributed by atoms with E-state index in [-0.39, 0.29) is 0 Å². The molecule has 0 atom stereocenters. The van der Waals surface area contributed by atoms with Crippen LogP contribution in [0.15, 0.2) is 46.7 Å². The average molecular weight is 310 g/mol. The molecule has 108 valence electrons. The molecule has 1 N–H and O–H groups in total. The first-order valence-electron chi connectivity index (χ1n) is 6.38. The van der Waals surface area contributed by atoms with E-state index in [1.807, 2.05) is 30.5 Å². The molecule has 1 aromatic carbocycles. The van der Waals surface area contributed by atoms with E-state index >= 15 is 0 Å². The minimum atomic E-state index is -3.51. The number of para-hydroxylation sites is 1. The number of benzene rings is 1. The molecule has 0 spiro atoms. The van der Waals surface area contributed by atoms with Gasteiger partial charge in [-0.3, -0.25) is 4.31 Å². The van der Waals surface area contributed by atoms with Gasteiger partial charge in [0.1, 0.15) is 4.90 Å². The van der Waals surface area contributed by atoms with Crippen LogP contribution in [0.2, 0.25) is 0 Å². The summed E-state index contributed by atoms with van der Waals surface area (Å²) in [5, 5.41) is 4.99. The number of hydrogen-bond donors (Lipinski definition) is 1. The second kappa shape index (κ2) is 6.39. The normalized spacial score (nSPS) is 11.5. The van der Waals surface area contributed by atoms with Crippen molar-refractivity contribution in [1.82, 2.24) is 5.32 Å². The summed E-state index contributed by atoms with van der Waals surface area (Å²) in [6.45, 7) is 3.38. The standard InChI is InChI=1S/C14H18N2O2S2/c1-3-15-11-13-14(9-10-19-13)20(17,18)16(2)12-7-5-4-6-8-12/h4-10,15H,3,11H2,1-2H3. The lowest BCUT2D eigenvalue weighted by Crippen LogP contribution is -2.27. The molecule has 1 heterocycles. The minimum absolute atomic E-state index is 0.384. The summed E-state index contributed by atoms with van der Waals surface area (Å²) in [6, 6.07) is 10.8. The highest BCUT2D eigenvalue weighted by molar-refractivity contribution is 7.93. The van der Waals surface area contributed by atoms with Crippen LogP contribution < -0.4 is 9.62 Å². The van der Waals surface area contributed by atoms with E-state index in [4.69, 9.17) is 0 Å². The molecular formula is C14H18N2O2S2. The maximum Gasteiger partial charge on any atom is 0.265 e. The molecule has 2 rings (SSSR count). The molecule has 0 fully saturated rings. The zero-order valence-corrected chi connectivity index (χ0v) is 13.2. The third kappa shape index (κ3) is 3.03. The molecule has 0 aliphatic carbocycles. The Bertz CT molecular complexity index is 651. The molecule has 0 bridgehead atoms. The smallest absolute Gasteiger partial charge is 0.265 e. The van der Waals surface area contributed by atoms with Crippen LogP contribution >= 0.6 is 11.3 Å². The molecule has 6 heteroatoms. The van der Waals surface area contributed by atoms with Crippen LogP contribution in [0.5, 0.6) is 0 Å². The van der Waals surface area contributed by atoms with Gasteiger partial charge < -0.3 is 5.32 Å². The van der Waals surface area contributed by atoms with Crippen molar-refractivity contribution in [2.75, 3.05) is 17.9 Å². The SMILES string of the molecule is CCNCc1sccc1S(=O)(=O)N(C)c1ccccc1. The van der Waals surface area contributed by atoms with Crippen LogP contribution in [-0.2, 0) is 16.6 Å². The first-order chi connectivity index (χ1) is 9.57. The molecule has 4 nitrogen and oxygen atoms in total. The molecule has 0 aliphatic rings. The van der Waals surface area contributed by atoms with Crippen LogP contribution in [0.3, 0.4) is 0 Å². The Morgan fingerprint density at radius 3 is 2.55 bits per heavy atom. The number of thiophene rings is 1. The van der Waals surface area contributed by atoms with E-state index in [0.29, 0.717) is 17.1 Å². The molecule has 0 saturated carbocycles. The molecule has 20 heavy (non-hydrogen) atoms. The van der Waals surface area contributed by atoms with Crippen molar-refractivity contribution in [3.05, 3.63) is 46.7 Å². The van der Waals surface area contributed by atoms with Crippen molar-refractivity contribution in [3.8, 4) is 0 Å². The first kappa shape index (κ1) is 15.0. The lowest BCUT2D eigenvalue weighted by Gasteiger charge is -2.19. The third-order valence-corrected chi connectivity index (χ3v) is 5.92. The van der Waals surface area contributed by atoms with Gasteiger partial charge in [-0.2, -0.15) is 0 Å². The molecule has 2 aromatic rings. The Balaban J connectivity index is 2.33. The van der Waals surface area contributed by atoms with Crippen molar-refractivity contribution in [1.29, 1.82) is 0 Å². The van der Waals surface area contributed by atoms with Crippen molar-refractivity contribution < 1.29 is 8.42 Å². The third-order valence-electron chi connectivity index (χ3n) is 3.00. The van der Waals surface area contributed by atoms with E-state index in [1.165, 1.54) is 15.6 Å². The van der Waals surface area contributed by atoms with E-state index < -0.39 is 10.0 Å². The predicted molar refractivity (Wildman–Crippen MR) is 83.7 cm³/mol.